The summed E-state index contributed by atoms with van der Waals surface area (Å²) < 4.78 is 16.8. The van der Waals surface area contributed by atoms with E-state index in [0.717, 1.165) is 0 Å². The van der Waals surface area contributed by atoms with E-state index in [2.05, 4.69) is 0 Å². The zero-order valence-corrected chi connectivity index (χ0v) is 3.43. The van der Waals surface area contributed by atoms with Gasteiger partial charge in [-0.25, -0.2) is 0 Å². The van der Waals surface area contributed by atoms with Crippen LogP contribution in [-0.2, 0) is 8.92 Å². The van der Waals surface area contributed by atoms with Crippen LogP contribution in [0.3, 0.4) is 0 Å². The predicted octanol–water partition coefficient (Wildman–Crippen LogP) is -0.304. The molecule has 0 radical (unpaired) electrons. The Kier molecular flexibility index (Phi) is 241. The maximum absolute atomic E-state index is 8.40. The van der Waals surface area contributed by atoms with E-state index >= 15 is 0 Å². The highest BCUT2D eigenvalue weighted by molar-refractivity contribution is 5.94. The molecule has 3 N–H and O–H groups in total. The third-order valence-corrected chi connectivity index (χ3v) is 0. The van der Waals surface area contributed by atoms with Gasteiger partial charge in [0.2, 0.25) is 0 Å². The second-order valence-corrected chi connectivity index (χ2v) is 0.250. The summed E-state index contributed by atoms with van der Waals surface area (Å²) in [6, 6.07) is 0. The van der Waals surface area contributed by atoms with Crippen LogP contribution in [0.15, 0.2) is 0 Å². The van der Waals surface area contributed by atoms with E-state index < -0.39 is 9.29 Å². The molecule has 0 amide bonds. The Balaban J connectivity index is -0.0000000200. The fraction of sp³-hybridized carbons (Fsp3) is 0. The molecule has 0 aliphatic heterocycles. The Morgan fingerprint density at radius 1 is 1.20 bits per heavy atom. The molecular weight excluding hydrogens is 93.1 g/mol. The topological polar surface area (TPSA) is 69.1 Å². The molecule has 0 aromatic carbocycles. The van der Waals surface area contributed by atoms with Crippen molar-refractivity contribution in [2.75, 3.05) is 0 Å². The summed E-state index contributed by atoms with van der Waals surface area (Å²) in [5, 5.41) is 0. The molecule has 0 saturated heterocycles. The van der Waals surface area contributed by atoms with Crippen LogP contribution >= 0.6 is 0 Å². The molecule has 0 spiro atoms. The van der Waals surface area contributed by atoms with Crippen LogP contribution in [0, 0.1) is 0 Å². The van der Waals surface area contributed by atoms with Gasteiger partial charge >= 0.3 is 9.29 Å². The fourth-order valence-corrected chi connectivity index (χ4v) is 0. The smallest absolute Gasteiger partial charge is 0.344 e. The average Bonchev–Trinajstić information content (AvgIpc) is 0.918. The summed E-state index contributed by atoms with van der Waals surface area (Å²) in [6.45, 7) is 0. The van der Waals surface area contributed by atoms with Crippen molar-refractivity contribution in [3.05, 3.63) is 0 Å². The molecule has 0 rings (SSSR count). The minimum atomic E-state index is -1.42. The van der Waals surface area contributed by atoms with Gasteiger partial charge < -0.3 is 6.15 Å². The number of rotatable bonds is 0. The maximum Gasteiger partial charge on any atom is 0.549 e. The highest BCUT2D eigenvalue weighted by Gasteiger charge is 1.22. The van der Waals surface area contributed by atoms with Crippen molar-refractivity contribution in [3.8, 4) is 0 Å². The summed E-state index contributed by atoms with van der Waals surface area (Å²) >= 11 is 0. The van der Waals surface area contributed by atoms with Crippen LogP contribution in [0.5, 0.6) is 0 Å². The first kappa shape index (κ1) is 22.2. The van der Waals surface area contributed by atoms with Crippen LogP contribution in [-0.4, -0.2) is 9.29 Å². The van der Waals surface area contributed by atoms with E-state index in [1.807, 2.05) is 0 Å². The SMILES string of the molecule is F.N.O=[Si]=O. The van der Waals surface area contributed by atoms with Crippen molar-refractivity contribution in [1.82, 2.24) is 6.15 Å². The zero-order chi connectivity index (χ0) is 2.71. The average molecular weight is 97.1 g/mol. The van der Waals surface area contributed by atoms with Gasteiger partial charge in [-0.15, -0.1) is 0 Å². The van der Waals surface area contributed by atoms with Crippen molar-refractivity contribution in [1.29, 1.82) is 0 Å². The van der Waals surface area contributed by atoms with E-state index in [1.165, 1.54) is 0 Å². The molecule has 0 atom stereocenters. The van der Waals surface area contributed by atoms with Gasteiger partial charge in [0.25, 0.3) is 0 Å². The Hall–Kier alpha value is -0.293. The first-order chi connectivity index (χ1) is 1.41. The first-order valence-electron chi connectivity index (χ1n) is 0.408. The molecule has 0 aliphatic rings. The van der Waals surface area contributed by atoms with Gasteiger partial charge in [-0.1, -0.05) is 0 Å². The van der Waals surface area contributed by atoms with Crippen LogP contribution in [0.2, 0.25) is 0 Å². The van der Waals surface area contributed by atoms with E-state index in [4.69, 9.17) is 8.92 Å². The second kappa shape index (κ2) is 54.4. The fourth-order valence-electron chi connectivity index (χ4n) is 0. The lowest BCUT2D eigenvalue weighted by Gasteiger charge is -0.944. The summed E-state index contributed by atoms with van der Waals surface area (Å²) in [7, 11) is -1.42. The van der Waals surface area contributed by atoms with E-state index in [9.17, 15) is 0 Å². The molecule has 0 aromatic heterocycles. The first-order valence-corrected chi connectivity index (χ1v) is 1.22. The van der Waals surface area contributed by atoms with Crippen LogP contribution < -0.4 is 6.15 Å². The third kappa shape index (κ3) is 126. The van der Waals surface area contributed by atoms with Crippen molar-refractivity contribution < 1.29 is 13.6 Å². The lowest BCUT2D eigenvalue weighted by molar-refractivity contribution is 0.497. The van der Waals surface area contributed by atoms with Crippen LogP contribution in [0.25, 0.3) is 0 Å². The monoisotopic (exact) mass is 97.0 g/mol. The van der Waals surface area contributed by atoms with Gasteiger partial charge in [0.1, 0.15) is 0 Å². The molecule has 0 aromatic rings. The van der Waals surface area contributed by atoms with E-state index in [1.54, 1.807) is 0 Å². The lowest BCUT2D eigenvalue weighted by Crippen LogP contribution is -1.26. The third-order valence-electron chi connectivity index (χ3n) is 0. The number of hydrogen-bond donors (Lipinski definition) is 1. The van der Waals surface area contributed by atoms with E-state index in [0.29, 0.717) is 0 Å². The normalized spacial score (nSPS) is 1.60. The molecule has 32 valence electrons. The van der Waals surface area contributed by atoms with Gasteiger partial charge in [0.15, 0.2) is 0 Å². The Labute approximate surface area is 30.3 Å². The van der Waals surface area contributed by atoms with Crippen molar-refractivity contribution >= 4 is 9.29 Å². The zero-order valence-electron chi connectivity index (χ0n) is 2.43. The van der Waals surface area contributed by atoms with E-state index in [-0.39, 0.29) is 10.9 Å². The highest BCUT2D eigenvalue weighted by Crippen LogP contribution is 0.759. The van der Waals surface area contributed by atoms with Gasteiger partial charge in [-0.2, -0.15) is 0 Å². The highest BCUT2D eigenvalue weighted by atomic mass is 28.2. The predicted molar refractivity (Wildman–Crippen MR) is 14.7 cm³/mol. The molecule has 5 heavy (non-hydrogen) atoms. The lowest BCUT2D eigenvalue weighted by atomic mass is 14.0. The molecule has 0 unspecified atom stereocenters. The Morgan fingerprint density at radius 3 is 1.20 bits per heavy atom. The standard InChI is InChI=1S/FH.H3N.O2Si/c;;1-3-2/h1H;1H3;. The van der Waals surface area contributed by atoms with Gasteiger partial charge in [0, 0.05) is 0 Å². The van der Waals surface area contributed by atoms with Crippen LogP contribution in [0.4, 0.5) is 4.70 Å². The molecule has 0 heterocycles. The molecule has 3 nitrogen and oxygen atoms in total. The minimum absolute atomic E-state index is 0. The molecule has 0 saturated carbocycles. The van der Waals surface area contributed by atoms with Crippen LogP contribution in [0.1, 0.15) is 0 Å². The second-order valence-electron chi connectivity index (χ2n) is 0.0833. The quantitative estimate of drug-likeness (QED) is 0.422. The summed E-state index contributed by atoms with van der Waals surface area (Å²) in [4.78, 5) is 0. The van der Waals surface area contributed by atoms with Gasteiger partial charge in [-0.05, 0) is 0 Å². The number of hydrogen-bond acceptors (Lipinski definition) is 3. The largest absolute Gasteiger partial charge is 0.549 e. The summed E-state index contributed by atoms with van der Waals surface area (Å²) in [5.74, 6) is 0. The number of halogens is 1. The summed E-state index contributed by atoms with van der Waals surface area (Å²) in [5.41, 5.74) is 0. The van der Waals surface area contributed by atoms with Gasteiger partial charge in [0.05, 0.1) is 0 Å². The van der Waals surface area contributed by atoms with Crippen molar-refractivity contribution in [3.63, 3.8) is 0 Å². The van der Waals surface area contributed by atoms with Crippen molar-refractivity contribution in [2.45, 2.75) is 0 Å². The molecule has 5 heteroatoms. The van der Waals surface area contributed by atoms with Gasteiger partial charge in [-0.3, -0.25) is 13.6 Å². The summed E-state index contributed by atoms with van der Waals surface area (Å²) in [6.07, 6.45) is 0. The molecule has 0 fully saturated rings. The maximum atomic E-state index is 8.40. The Bertz CT molecular complexity index is 30.6. The molecule has 0 bridgehead atoms. The van der Waals surface area contributed by atoms with Crippen molar-refractivity contribution in [2.24, 2.45) is 0 Å². The Morgan fingerprint density at radius 2 is 1.20 bits per heavy atom. The molecular formula is H4FNO2Si. The minimum Gasteiger partial charge on any atom is -0.344 e. The molecule has 0 aliphatic carbocycles.